The van der Waals surface area contributed by atoms with Gasteiger partial charge in [-0.05, 0) is 44.9 Å². The zero-order valence-corrected chi connectivity index (χ0v) is 34.4. The molecular weight excluding hydrogens is 657 g/mol. The van der Waals surface area contributed by atoms with Crippen molar-refractivity contribution < 1.29 is 28.8 Å². The van der Waals surface area contributed by atoms with Crippen molar-refractivity contribution in [2.24, 2.45) is 0 Å². The van der Waals surface area contributed by atoms with Gasteiger partial charge in [-0.1, -0.05) is 199 Å². The topological polar surface area (TPSA) is 116 Å². The molecule has 7 nitrogen and oxygen atoms in total. The molecule has 0 spiro atoms. The van der Waals surface area contributed by atoms with Gasteiger partial charge in [0.1, 0.15) is 0 Å². The summed E-state index contributed by atoms with van der Waals surface area (Å²) in [4.78, 5) is 30.9. The average molecular weight is 742 g/mol. The maximum atomic E-state index is 12.6. The van der Waals surface area contributed by atoms with E-state index in [2.05, 4.69) is 35.8 Å². The Bertz CT molecular complexity index is 844. The molecule has 51 heavy (non-hydrogen) atoms. The van der Waals surface area contributed by atoms with E-state index in [0.29, 0.717) is 6.42 Å². The minimum Gasteiger partial charge on any atom is -0.387 e. The first-order valence-electron chi connectivity index (χ1n) is 21.8. The standard InChI is InChI=1S/C43H84NO6P/c1-3-5-7-9-11-13-15-17-19-20-21-22-23-24-25-27-29-31-33-35-37-39-43(46)44-41(40-50-51(47,48)49)42(45)38-36-34-32-30-28-26-18-16-14-12-10-8-6-4-2/h17,19,36,38,41-42,45H,3-16,18,20-35,37,39-40H2,1-2H3,(H,44,46)(H2,47,48,49)/b19-17+,38-36+/t41-,42+/m0/s1. The lowest BCUT2D eigenvalue weighted by Gasteiger charge is -2.22. The Balaban J connectivity index is 3.90. The first-order chi connectivity index (χ1) is 24.8. The third-order valence-electron chi connectivity index (χ3n) is 9.90. The second-order valence-corrected chi connectivity index (χ2v) is 16.3. The Hall–Kier alpha value is -0.980. The maximum absolute atomic E-state index is 12.6. The number of aliphatic hydroxyl groups excluding tert-OH is 1. The van der Waals surface area contributed by atoms with Crippen LogP contribution in [0.2, 0.25) is 0 Å². The first-order valence-corrected chi connectivity index (χ1v) is 23.3. The third-order valence-corrected chi connectivity index (χ3v) is 10.4. The number of amides is 1. The van der Waals surface area contributed by atoms with Crippen molar-refractivity contribution in [1.82, 2.24) is 5.32 Å². The molecule has 0 aromatic heterocycles. The lowest BCUT2D eigenvalue weighted by atomic mass is 10.0. The van der Waals surface area contributed by atoms with Crippen LogP contribution in [0.15, 0.2) is 24.3 Å². The van der Waals surface area contributed by atoms with E-state index in [0.717, 1.165) is 38.5 Å². The summed E-state index contributed by atoms with van der Waals surface area (Å²) in [7, 11) is -4.71. The second kappa shape index (κ2) is 38.7. The summed E-state index contributed by atoms with van der Waals surface area (Å²) in [6, 6.07) is -0.908. The van der Waals surface area contributed by atoms with Gasteiger partial charge in [-0.2, -0.15) is 0 Å². The van der Waals surface area contributed by atoms with Crippen LogP contribution in [0.3, 0.4) is 0 Å². The molecule has 0 rings (SSSR count). The Labute approximate surface area is 315 Å². The van der Waals surface area contributed by atoms with E-state index >= 15 is 0 Å². The third kappa shape index (κ3) is 40.0. The van der Waals surface area contributed by atoms with Crippen molar-refractivity contribution in [3.63, 3.8) is 0 Å². The van der Waals surface area contributed by atoms with E-state index in [1.807, 2.05) is 6.08 Å². The monoisotopic (exact) mass is 742 g/mol. The first kappa shape index (κ1) is 50.0. The lowest BCUT2D eigenvalue weighted by molar-refractivity contribution is -0.123. The Morgan fingerprint density at radius 2 is 0.882 bits per heavy atom. The van der Waals surface area contributed by atoms with Crippen molar-refractivity contribution in [1.29, 1.82) is 0 Å². The van der Waals surface area contributed by atoms with Crippen LogP contribution in [-0.4, -0.2) is 39.6 Å². The van der Waals surface area contributed by atoms with E-state index in [-0.39, 0.29) is 5.91 Å². The molecule has 8 heteroatoms. The molecule has 0 fully saturated rings. The fraction of sp³-hybridized carbons (Fsp3) is 0.884. The van der Waals surface area contributed by atoms with Gasteiger partial charge in [-0.15, -0.1) is 0 Å². The smallest absolute Gasteiger partial charge is 0.387 e. The zero-order valence-electron chi connectivity index (χ0n) is 33.5. The van der Waals surface area contributed by atoms with Crippen LogP contribution in [0.1, 0.15) is 226 Å². The molecular formula is C43H84NO6P. The van der Waals surface area contributed by atoms with Crippen LogP contribution < -0.4 is 5.32 Å². The minimum atomic E-state index is -4.71. The van der Waals surface area contributed by atoms with E-state index in [1.165, 1.54) is 167 Å². The largest absolute Gasteiger partial charge is 0.469 e. The number of carbonyl (C=O) groups excluding carboxylic acids is 1. The molecule has 0 bridgehead atoms. The van der Waals surface area contributed by atoms with Crippen LogP contribution in [0.25, 0.3) is 0 Å². The number of unbranched alkanes of at least 4 members (excludes halogenated alkanes) is 29. The van der Waals surface area contributed by atoms with Gasteiger partial charge in [0.2, 0.25) is 5.91 Å². The maximum Gasteiger partial charge on any atom is 0.469 e. The number of rotatable bonds is 40. The molecule has 0 aromatic carbocycles. The summed E-state index contributed by atoms with van der Waals surface area (Å²) in [5, 5.41) is 13.4. The van der Waals surface area contributed by atoms with Crippen LogP contribution >= 0.6 is 7.82 Å². The van der Waals surface area contributed by atoms with Gasteiger partial charge in [0.05, 0.1) is 18.8 Å². The molecule has 4 N–H and O–H groups in total. The molecule has 0 radical (unpaired) electrons. The van der Waals surface area contributed by atoms with Crippen LogP contribution in [0.4, 0.5) is 0 Å². The molecule has 0 aromatic rings. The number of hydrogen-bond acceptors (Lipinski definition) is 4. The highest BCUT2D eigenvalue weighted by atomic mass is 31.2. The van der Waals surface area contributed by atoms with Crippen molar-refractivity contribution in [3.05, 3.63) is 24.3 Å². The predicted molar refractivity (Wildman–Crippen MR) is 218 cm³/mol. The van der Waals surface area contributed by atoms with Gasteiger partial charge >= 0.3 is 7.82 Å². The van der Waals surface area contributed by atoms with Crippen molar-refractivity contribution in [2.75, 3.05) is 6.61 Å². The summed E-state index contributed by atoms with van der Waals surface area (Å²) in [5.41, 5.74) is 0. The number of aliphatic hydroxyl groups is 1. The highest BCUT2D eigenvalue weighted by molar-refractivity contribution is 7.46. The van der Waals surface area contributed by atoms with Gasteiger partial charge in [0.25, 0.3) is 0 Å². The van der Waals surface area contributed by atoms with Gasteiger partial charge in [0.15, 0.2) is 0 Å². The fourth-order valence-electron chi connectivity index (χ4n) is 6.57. The molecule has 0 aliphatic carbocycles. The van der Waals surface area contributed by atoms with Crippen LogP contribution in [0, 0.1) is 0 Å². The normalized spacial score (nSPS) is 13.4. The van der Waals surface area contributed by atoms with E-state index in [1.54, 1.807) is 6.08 Å². The van der Waals surface area contributed by atoms with Gasteiger partial charge in [-0.3, -0.25) is 9.32 Å². The van der Waals surface area contributed by atoms with Gasteiger partial charge < -0.3 is 20.2 Å². The van der Waals surface area contributed by atoms with Crippen molar-refractivity contribution in [2.45, 2.75) is 238 Å². The summed E-state index contributed by atoms with van der Waals surface area (Å²) < 4.78 is 15.9. The summed E-state index contributed by atoms with van der Waals surface area (Å²) in [6.45, 7) is 4.07. The summed E-state index contributed by atoms with van der Waals surface area (Å²) >= 11 is 0. The molecule has 0 aliphatic rings. The summed E-state index contributed by atoms with van der Waals surface area (Å²) in [6.07, 6.45) is 47.7. The zero-order chi connectivity index (χ0) is 37.5. The average Bonchev–Trinajstić information content (AvgIpc) is 3.10. The number of hydrogen-bond donors (Lipinski definition) is 4. The SMILES string of the molecule is CCCCCCCC/C=C/CCCCCCCCCCCCCC(=O)N[C@@H](COP(=O)(O)O)[C@H](O)/C=C/CCCCCCCCCCCCCC. The molecule has 0 saturated heterocycles. The van der Waals surface area contributed by atoms with Gasteiger partial charge in [0, 0.05) is 6.42 Å². The quantitative estimate of drug-likeness (QED) is 0.0282. The molecule has 0 unspecified atom stereocenters. The van der Waals surface area contributed by atoms with Gasteiger partial charge in [-0.25, -0.2) is 4.57 Å². The van der Waals surface area contributed by atoms with Crippen molar-refractivity contribution in [3.8, 4) is 0 Å². The van der Waals surface area contributed by atoms with Crippen LogP contribution in [0.5, 0.6) is 0 Å². The lowest BCUT2D eigenvalue weighted by Crippen LogP contribution is -2.45. The van der Waals surface area contributed by atoms with E-state index in [4.69, 9.17) is 9.79 Å². The second-order valence-electron chi connectivity index (χ2n) is 15.0. The van der Waals surface area contributed by atoms with Crippen LogP contribution in [-0.2, 0) is 13.9 Å². The summed E-state index contributed by atoms with van der Waals surface area (Å²) in [5.74, 6) is -0.226. The van der Waals surface area contributed by atoms with Crippen molar-refractivity contribution >= 4 is 13.7 Å². The highest BCUT2D eigenvalue weighted by Crippen LogP contribution is 2.35. The Morgan fingerprint density at radius 1 is 0.549 bits per heavy atom. The van der Waals surface area contributed by atoms with E-state index < -0.39 is 26.6 Å². The molecule has 302 valence electrons. The highest BCUT2D eigenvalue weighted by Gasteiger charge is 2.24. The Kier molecular flexibility index (Phi) is 38.0. The molecule has 1 amide bonds. The number of phosphoric ester groups is 1. The number of phosphoric acid groups is 1. The molecule has 0 aliphatic heterocycles. The number of nitrogens with one attached hydrogen (secondary N) is 1. The molecule has 0 saturated carbocycles. The number of allylic oxidation sites excluding steroid dienone is 3. The Morgan fingerprint density at radius 3 is 1.25 bits per heavy atom. The fourth-order valence-corrected chi connectivity index (χ4v) is 6.93. The number of carbonyl (C=O) groups is 1. The van der Waals surface area contributed by atoms with E-state index in [9.17, 15) is 14.5 Å². The minimum absolute atomic E-state index is 0.226. The molecule has 0 heterocycles. The predicted octanol–water partition coefficient (Wildman–Crippen LogP) is 13.0. The molecule has 2 atom stereocenters.